The first-order valence-corrected chi connectivity index (χ1v) is 9.14. The lowest BCUT2D eigenvalue weighted by Gasteiger charge is -2.07. The molecule has 0 radical (unpaired) electrons. The number of nitrogens with zero attached hydrogens (tertiary/aromatic N) is 3. The number of pyridine rings is 1. The van der Waals surface area contributed by atoms with Crippen LogP contribution in [-0.2, 0) is 0 Å². The van der Waals surface area contributed by atoms with Crippen LogP contribution in [0.4, 0.5) is 0 Å². The predicted molar refractivity (Wildman–Crippen MR) is 111 cm³/mol. The Bertz CT molecular complexity index is 1260. The van der Waals surface area contributed by atoms with E-state index in [0.29, 0.717) is 11.8 Å². The zero-order chi connectivity index (χ0) is 18.9. The summed E-state index contributed by atoms with van der Waals surface area (Å²) in [6, 6.07) is 28.2. The summed E-state index contributed by atoms with van der Waals surface area (Å²) in [7, 11) is 0. The van der Waals surface area contributed by atoms with Gasteiger partial charge in [-0.25, -0.2) is 4.98 Å². The molecule has 2 aromatic heterocycles. The van der Waals surface area contributed by atoms with Crippen molar-refractivity contribution in [1.29, 1.82) is 0 Å². The van der Waals surface area contributed by atoms with Crippen LogP contribution in [0.5, 0.6) is 0 Å². The molecule has 134 valence electrons. The fourth-order valence-electron chi connectivity index (χ4n) is 3.25. The lowest BCUT2D eigenvalue weighted by atomic mass is 10.0. The van der Waals surface area contributed by atoms with Gasteiger partial charge >= 0.3 is 0 Å². The minimum absolute atomic E-state index is 0.492. The van der Waals surface area contributed by atoms with Gasteiger partial charge < -0.3 is 4.42 Å². The van der Waals surface area contributed by atoms with E-state index >= 15 is 0 Å². The van der Waals surface area contributed by atoms with Crippen LogP contribution in [0.1, 0.15) is 5.56 Å². The monoisotopic (exact) mass is 363 g/mol. The van der Waals surface area contributed by atoms with Crippen LogP contribution in [-0.4, -0.2) is 15.2 Å². The van der Waals surface area contributed by atoms with Gasteiger partial charge in [0.2, 0.25) is 11.8 Å². The normalized spacial score (nSPS) is 11.0. The molecule has 0 bridgehead atoms. The molecular formula is C24H17N3O. The SMILES string of the molecule is Cc1ccc(-c2nnc(-c3cc(-c4ccccc4)nc4ccccc34)o2)cc1. The first-order chi connectivity index (χ1) is 13.8. The Labute approximate surface area is 162 Å². The zero-order valence-electron chi connectivity index (χ0n) is 15.3. The highest BCUT2D eigenvalue weighted by atomic mass is 16.4. The van der Waals surface area contributed by atoms with E-state index in [-0.39, 0.29) is 0 Å². The number of hydrogen-bond donors (Lipinski definition) is 0. The molecular weight excluding hydrogens is 346 g/mol. The standard InChI is InChI=1S/C24H17N3O/c1-16-11-13-18(14-12-16)23-26-27-24(28-23)20-15-22(17-7-3-2-4-8-17)25-21-10-6-5-9-19(20)21/h2-15H,1H3. The van der Waals surface area contributed by atoms with Gasteiger partial charge in [-0.15, -0.1) is 10.2 Å². The highest BCUT2D eigenvalue weighted by Crippen LogP contribution is 2.32. The number of para-hydroxylation sites is 1. The maximum atomic E-state index is 6.04. The average Bonchev–Trinajstić information content (AvgIpc) is 3.24. The fraction of sp³-hybridized carbons (Fsp3) is 0.0417. The topological polar surface area (TPSA) is 51.8 Å². The third-order valence-electron chi connectivity index (χ3n) is 4.74. The summed E-state index contributed by atoms with van der Waals surface area (Å²) in [5.41, 5.74) is 5.81. The van der Waals surface area contributed by atoms with Gasteiger partial charge in [0.15, 0.2) is 0 Å². The smallest absolute Gasteiger partial charge is 0.248 e. The first-order valence-electron chi connectivity index (χ1n) is 9.14. The summed E-state index contributed by atoms with van der Waals surface area (Å²) >= 11 is 0. The van der Waals surface area contributed by atoms with Crippen molar-refractivity contribution in [2.45, 2.75) is 6.92 Å². The third-order valence-corrected chi connectivity index (χ3v) is 4.74. The number of hydrogen-bond acceptors (Lipinski definition) is 4. The van der Waals surface area contributed by atoms with Gasteiger partial charge in [-0.3, -0.25) is 0 Å². The fourth-order valence-corrected chi connectivity index (χ4v) is 3.25. The number of benzene rings is 3. The molecule has 0 fully saturated rings. The average molecular weight is 363 g/mol. The van der Waals surface area contributed by atoms with Gasteiger partial charge in [0.25, 0.3) is 0 Å². The lowest BCUT2D eigenvalue weighted by molar-refractivity contribution is 0.585. The summed E-state index contributed by atoms with van der Waals surface area (Å²) in [6.07, 6.45) is 0. The second-order valence-electron chi connectivity index (χ2n) is 6.72. The van der Waals surface area contributed by atoms with Crippen molar-refractivity contribution in [2.24, 2.45) is 0 Å². The maximum Gasteiger partial charge on any atom is 0.248 e. The minimum atomic E-state index is 0.492. The summed E-state index contributed by atoms with van der Waals surface area (Å²) in [5.74, 6) is 1.00. The summed E-state index contributed by atoms with van der Waals surface area (Å²) < 4.78 is 6.04. The van der Waals surface area contributed by atoms with Crippen LogP contribution < -0.4 is 0 Å². The van der Waals surface area contributed by atoms with E-state index in [1.54, 1.807) is 0 Å². The van der Waals surface area contributed by atoms with Gasteiger partial charge in [0, 0.05) is 16.5 Å². The lowest BCUT2D eigenvalue weighted by Crippen LogP contribution is -1.89. The Morgan fingerprint density at radius 3 is 2.21 bits per heavy atom. The predicted octanol–water partition coefficient (Wildman–Crippen LogP) is 5.93. The Kier molecular flexibility index (Phi) is 3.95. The number of fused-ring (bicyclic) bond motifs is 1. The molecule has 0 amide bonds. The van der Waals surface area contributed by atoms with Crippen molar-refractivity contribution in [3.63, 3.8) is 0 Å². The molecule has 0 aliphatic rings. The Balaban J connectivity index is 1.67. The molecule has 5 aromatic rings. The van der Waals surface area contributed by atoms with Gasteiger partial charge in [0.05, 0.1) is 16.8 Å². The van der Waals surface area contributed by atoms with E-state index < -0.39 is 0 Å². The highest BCUT2D eigenvalue weighted by Gasteiger charge is 2.15. The number of aryl methyl sites for hydroxylation is 1. The van der Waals surface area contributed by atoms with Crippen LogP contribution in [0.15, 0.2) is 89.3 Å². The molecule has 28 heavy (non-hydrogen) atoms. The molecule has 0 unspecified atom stereocenters. The van der Waals surface area contributed by atoms with E-state index in [9.17, 15) is 0 Å². The Morgan fingerprint density at radius 2 is 1.39 bits per heavy atom. The van der Waals surface area contributed by atoms with Crippen LogP contribution in [0, 0.1) is 6.92 Å². The Hall–Kier alpha value is -3.79. The second kappa shape index (κ2) is 6.74. The number of rotatable bonds is 3. The van der Waals surface area contributed by atoms with Crippen LogP contribution >= 0.6 is 0 Å². The van der Waals surface area contributed by atoms with Crippen LogP contribution in [0.2, 0.25) is 0 Å². The second-order valence-corrected chi connectivity index (χ2v) is 6.72. The third kappa shape index (κ3) is 2.95. The molecule has 4 heteroatoms. The van der Waals surface area contributed by atoms with Crippen LogP contribution in [0.25, 0.3) is 45.1 Å². The maximum absolute atomic E-state index is 6.04. The van der Waals surface area contributed by atoms with Crippen molar-refractivity contribution in [3.8, 4) is 34.2 Å². The van der Waals surface area contributed by atoms with Crippen molar-refractivity contribution < 1.29 is 4.42 Å². The van der Waals surface area contributed by atoms with E-state index in [1.165, 1.54) is 5.56 Å². The van der Waals surface area contributed by atoms with Gasteiger partial charge in [-0.2, -0.15) is 0 Å². The highest BCUT2D eigenvalue weighted by molar-refractivity contribution is 5.94. The molecule has 0 saturated heterocycles. The first kappa shape index (κ1) is 16.4. The van der Waals surface area contributed by atoms with Gasteiger partial charge in [-0.05, 0) is 31.2 Å². The molecule has 0 saturated carbocycles. The molecule has 0 aliphatic carbocycles. The molecule has 2 heterocycles. The molecule has 5 rings (SSSR count). The summed E-state index contributed by atoms with van der Waals surface area (Å²) in [5, 5.41) is 9.58. The zero-order valence-corrected chi connectivity index (χ0v) is 15.3. The van der Waals surface area contributed by atoms with E-state index in [4.69, 9.17) is 9.40 Å². The molecule has 3 aromatic carbocycles. The molecule has 4 nitrogen and oxygen atoms in total. The van der Waals surface area contributed by atoms with Crippen molar-refractivity contribution >= 4 is 10.9 Å². The molecule has 0 spiro atoms. The minimum Gasteiger partial charge on any atom is -0.416 e. The van der Waals surface area contributed by atoms with Gasteiger partial charge in [0.1, 0.15) is 0 Å². The van der Waals surface area contributed by atoms with Crippen molar-refractivity contribution in [3.05, 3.63) is 90.5 Å². The van der Waals surface area contributed by atoms with Crippen molar-refractivity contribution in [2.75, 3.05) is 0 Å². The van der Waals surface area contributed by atoms with Gasteiger partial charge in [-0.1, -0.05) is 66.2 Å². The largest absolute Gasteiger partial charge is 0.416 e. The van der Waals surface area contributed by atoms with Crippen LogP contribution in [0.3, 0.4) is 0 Å². The Morgan fingerprint density at radius 1 is 0.679 bits per heavy atom. The van der Waals surface area contributed by atoms with E-state index in [1.807, 2.05) is 84.9 Å². The molecule has 0 N–H and O–H groups in total. The molecule has 0 aliphatic heterocycles. The van der Waals surface area contributed by atoms with E-state index in [0.717, 1.165) is 33.3 Å². The summed E-state index contributed by atoms with van der Waals surface area (Å²) in [4.78, 5) is 4.82. The number of aromatic nitrogens is 3. The van der Waals surface area contributed by atoms with E-state index in [2.05, 4.69) is 17.1 Å². The summed E-state index contributed by atoms with van der Waals surface area (Å²) in [6.45, 7) is 2.05. The quantitative estimate of drug-likeness (QED) is 0.399. The van der Waals surface area contributed by atoms with Crippen molar-refractivity contribution in [1.82, 2.24) is 15.2 Å². The molecule has 0 atom stereocenters.